The number of nitrogens with zero attached hydrogens (tertiary/aromatic N) is 1. The molecule has 0 aromatic heterocycles. The lowest BCUT2D eigenvalue weighted by atomic mass is 10.1. The first-order valence-electron chi connectivity index (χ1n) is 8.61. The van der Waals surface area contributed by atoms with Crippen molar-refractivity contribution in [1.82, 2.24) is 0 Å². The van der Waals surface area contributed by atoms with Crippen LogP contribution in [0.2, 0.25) is 0 Å². The SMILES string of the molecule is COc1cc(C2CN=C(c3cc(Br)cc4c3OCC4)O2)cc(OC)c1OC. The summed E-state index contributed by atoms with van der Waals surface area (Å²) in [6, 6.07) is 7.86. The summed E-state index contributed by atoms with van der Waals surface area (Å²) in [5.74, 6) is 3.20. The first-order chi connectivity index (χ1) is 13.1. The molecule has 0 N–H and O–H groups in total. The van der Waals surface area contributed by atoms with Crippen LogP contribution in [0.3, 0.4) is 0 Å². The first kappa shape index (κ1) is 18.0. The van der Waals surface area contributed by atoms with Gasteiger partial charge in [-0.25, -0.2) is 4.99 Å². The monoisotopic (exact) mass is 433 g/mol. The van der Waals surface area contributed by atoms with E-state index in [0.717, 1.165) is 27.8 Å². The average molecular weight is 434 g/mol. The van der Waals surface area contributed by atoms with Gasteiger partial charge in [-0.2, -0.15) is 0 Å². The molecule has 7 heteroatoms. The van der Waals surface area contributed by atoms with E-state index in [4.69, 9.17) is 23.7 Å². The minimum Gasteiger partial charge on any atom is -0.493 e. The third-order valence-corrected chi connectivity index (χ3v) is 5.15. The molecular weight excluding hydrogens is 414 g/mol. The number of fused-ring (bicyclic) bond motifs is 1. The third kappa shape index (κ3) is 3.20. The summed E-state index contributed by atoms with van der Waals surface area (Å²) in [4.78, 5) is 4.62. The Kier molecular flexibility index (Phi) is 4.86. The van der Waals surface area contributed by atoms with Gasteiger partial charge in [-0.05, 0) is 29.8 Å². The van der Waals surface area contributed by atoms with Crippen LogP contribution in [0.5, 0.6) is 23.0 Å². The number of hydrogen-bond acceptors (Lipinski definition) is 6. The molecule has 1 atom stereocenters. The first-order valence-corrected chi connectivity index (χ1v) is 9.40. The summed E-state index contributed by atoms with van der Waals surface area (Å²) in [6.45, 7) is 1.19. The highest BCUT2D eigenvalue weighted by atomic mass is 79.9. The Morgan fingerprint density at radius 2 is 1.78 bits per heavy atom. The molecule has 2 aromatic rings. The molecule has 0 saturated heterocycles. The van der Waals surface area contributed by atoms with E-state index in [2.05, 4.69) is 27.0 Å². The summed E-state index contributed by atoms with van der Waals surface area (Å²) < 4.78 is 29.3. The Balaban J connectivity index is 1.64. The van der Waals surface area contributed by atoms with Gasteiger partial charge in [-0.1, -0.05) is 15.9 Å². The van der Waals surface area contributed by atoms with Crippen molar-refractivity contribution < 1.29 is 23.7 Å². The van der Waals surface area contributed by atoms with E-state index < -0.39 is 0 Å². The largest absolute Gasteiger partial charge is 0.493 e. The number of benzene rings is 2. The van der Waals surface area contributed by atoms with Crippen molar-refractivity contribution >= 4 is 21.8 Å². The summed E-state index contributed by atoms with van der Waals surface area (Å²) in [7, 11) is 4.78. The lowest BCUT2D eigenvalue weighted by molar-refractivity contribution is 0.227. The summed E-state index contributed by atoms with van der Waals surface area (Å²) in [6.07, 6.45) is 0.662. The van der Waals surface area contributed by atoms with Crippen molar-refractivity contribution in [2.75, 3.05) is 34.5 Å². The second kappa shape index (κ2) is 7.31. The van der Waals surface area contributed by atoms with Gasteiger partial charge in [-0.15, -0.1) is 0 Å². The maximum atomic E-state index is 6.18. The van der Waals surface area contributed by atoms with E-state index >= 15 is 0 Å². The van der Waals surface area contributed by atoms with Crippen LogP contribution < -0.4 is 18.9 Å². The Morgan fingerprint density at radius 3 is 2.44 bits per heavy atom. The molecule has 27 heavy (non-hydrogen) atoms. The Bertz CT molecular complexity index is 886. The molecule has 0 amide bonds. The molecule has 2 heterocycles. The van der Waals surface area contributed by atoms with Gasteiger partial charge < -0.3 is 23.7 Å². The minimum atomic E-state index is -0.232. The highest BCUT2D eigenvalue weighted by molar-refractivity contribution is 9.10. The number of halogens is 1. The van der Waals surface area contributed by atoms with Crippen molar-refractivity contribution in [3.8, 4) is 23.0 Å². The quantitative estimate of drug-likeness (QED) is 0.714. The lowest BCUT2D eigenvalue weighted by Crippen LogP contribution is -2.08. The zero-order chi connectivity index (χ0) is 19.0. The number of methoxy groups -OCH3 is 3. The highest BCUT2D eigenvalue weighted by Crippen LogP contribution is 2.42. The summed E-state index contributed by atoms with van der Waals surface area (Å²) in [5.41, 5.74) is 2.96. The van der Waals surface area contributed by atoms with Gasteiger partial charge in [0.1, 0.15) is 11.9 Å². The van der Waals surface area contributed by atoms with Gasteiger partial charge in [0.15, 0.2) is 11.5 Å². The molecule has 0 aliphatic carbocycles. The molecule has 2 aromatic carbocycles. The summed E-state index contributed by atoms with van der Waals surface area (Å²) >= 11 is 3.56. The predicted octanol–water partition coefficient (Wildman–Crippen LogP) is 3.93. The van der Waals surface area contributed by atoms with Gasteiger partial charge >= 0.3 is 0 Å². The minimum absolute atomic E-state index is 0.232. The maximum absolute atomic E-state index is 6.18. The normalized spacial score (nSPS) is 17.6. The molecule has 0 spiro atoms. The fraction of sp³-hybridized carbons (Fsp3) is 0.350. The van der Waals surface area contributed by atoms with Crippen LogP contribution in [0.1, 0.15) is 22.8 Å². The molecule has 6 nitrogen and oxygen atoms in total. The second-order valence-corrected chi connectivity index (χ2v) is 7.17. The Morgan fingerprint density at radius 1 is 1.04 bits per heavy atom. The zero-order valence-corrected chi connectivity index (χ0v) is 17.0. The number of rotatable bonds is 5. The van der Waals surface area contributed by atoms with Crippen LogP contribution in [0.15, 0.2) is 33.7 Å². The van der Waals surface area contributed by atoms with Crippen LogP contribution in [-0.2, 0) is 11.2 Å². The standard InChI is InChI=1S/C20H20BrNO5/c1-23-15-7-12(8-16(24-2)19(15)25-3)17-10-22-20(27-17)14-9-13(21)6-11-4-5-26-18(11)14/h6-9,17H,4-5,10H2,1-3H3. The smallest absolute Gasteiger partial charge is 0.220 e. The Labute approximate surface area is 166 Å². The average Bonchev–Trinajstić information content (AvgIpc) is 3.35. The van der Waals surface area contributed by atoms with Crippen LogP contribution in [0.4, 0.5) is 0 Å². The van der Waals surface area contributed by atoms with Crippen molar-refractivity contribution in [3.63, 3.8) is 0 Å². The number of aliphatic imine (C=N–C) groups is 1. The number of ether oxygens (including phenoxy) is 5. The Hall–Kier alpha value is -2.41. The highest BCUT2D eigenvalue weighted by Gasteiger charge is 2.29. The van der Waals surface area contributed by atoms with Crippen LogP contribution in [0.25, 0.3) is 0 Å². The van der Waals surface area contributed by atoms with E-state index in [1.54, 1.807) is 21.3 Å². The fourth-order valence-corrected chi connectivity index (χ4v) is 3.92. The fourth-order valence-electron chi connectivity index (χ4n) is 3.41. The molecular formula is C20H20BrNO5. The molecule has 142 valence electrons. The van der Waals surface area contributed by atoms with E-state index in [-0.39, 0.29) is 6.10 Å². The van der Waals surface area contributed by atoms with Crippen molar-refractivity contribution in [1.29, 1.82) is 0 Å². The molecule has 0 fully saturated rings. The van der Waals surface area contributed by atoms with Gasteiger partial charge in [0.2, 0.25) is 11.6 Å². The van der Waals surface area contributed by atoms with Gasteiger partial charge in [0, 0.05) is 16.5 Å². The van der Waals surface area contributed by atoms with Crippen molar-refractivity contribution in [2.45, 2.75) is 12.5 Å². The van der Waals surface area contributed by atoms with Gasteiger partial charge in [0.25, 0.3) is 0 Å². The molecule has 1 unspecified atom stereocenters. The lowest BCUT2D eigenvalue weighted by Gasteiger charge is -2.17. The topological polar surface area (TPSA) is 58.5 Å². The molecule has 0 saturated carbocycles. The van der Waals surface area contributed by atoms with Gasteiger partial charge in [0.05, 0.1) is 40.0 Å². The predicted molar refractivity (Wildman–Crippen MR) is 105 cm³/mol. The van der Waals surface area contributed by atoms with Crippen LogP contribution >= 0.6 is 15.9 Å². The van der Waals surface area contributed by atoms with Crippen LogP contribution in [0, 0.1) is 0 Å². The molecule has 4 rings (SSSR count). The number of hydrogen-bond donors (Lipinski definition) is 0. The van der Waals surface area contributed by atoms with Crippen molar-refractivity contribution in [2.24, 2.45) is 4.99 Å². The maximum Gasteiger partial charge on any atom is 0.220 e. The molecule has 2 aliphatic heterocycles. The van der Waals surface area contributed by atoms with Gasteiger partial charge in [-0.3, -0.25) is 0 Å². The van der Waals surface area contributed by atoms with Crippen molar-refractivity contribution in [3.05, 3.63) is 45.4 Å². The molecule has 2 aliphatic rings. The second-order valence-electron chi connectivity index (χ2n) is 6.25. The van der Waals surface area contributed by atoms with Crippen LogP contribution in [-0.4, -0.2) is 40.4 Å². The third-order valence-electron chi connectivity index (χ3n) is 4.69. The zero-order valence-electron chi connectivity index (χ0n) is 15.4. The molecule has 0 radical (unpaired) electrons. The van der Waals surface area contributed by atoms with E-state index in [0.29, 0.717) is 36.3 Å². The molecule has 0 bridgehead atoms. The van der Waals surface area contributed by atoms with E-state index in [1.807, 2.05) is 18.2 Å². The summed E-state index contributed by atoms with van der Waals surface area (Å²) in [5, 5.41) is 0. The van der Waals surface area contributed by atoms with E-state index in [1.165, 1.54) is 5.56 Å². The van der Waals surface area contributed by atoms with E-state index in [9.17, 15) is 0 Å².